The van der Waals surface area contributed by atoms with E-state index >= 15 is 0 Å². The van der Waals surface area contributed by atoms with Gasteiger partial charge in [-0.15, -0.1) is 11.3 Å². The summed E-state index contributed by atoms with van der Waals surface area (Å²) >= 11 is 1.86. The summed E-state index contributed by atoms with van der Waals surface area (Å²) in [4.78, 5) is 0. The number of fused-ring (bicyclic) bond motifs is 10. The van der Waals surface area contributed by atoms with Gasteiger partial charge >= 0.3 is 0 Å². The maximum atomic E-state index is 6.56. The van der Waals surface area contributed by atoms with Gasteiger partial charge in [-0.05, 0) is 85.8 Å². The summed E-state index contributed by atoms with van der Waals surface area (Å²) in [5, 5.41) is 10.7. The molecule has 49 heavy (non-hydrogen) atoms. The molecule has 0 amide bonds. The number of benzene rings is 8. The Morgan fingerprint density at radius 3 is 1.82 bits per heavy atom. The topological polar surface area (TPSA) is 26.3 Å². The van der Waals surface area contributed by atoms with E-state index in [1.165, 1.54) is 58.4 Å². The van der Waals surface area contributed by atoms with E-state index in [1.54, 1.807) is 0 Å². The molecule has 11 rings (SSSR count). The maximum absolute atomic E-state index is 6.56. The van der Waals surface area contributed by atoms with Gasteiger partial charge < -0.3 is 8.83 Å². The summed E-state index contributed by atoms with van der Waals surface area (Å²) in [6.07, 6.45) is 1.88. The number of thiophene rings is 1. The van der Waals surface area contributed by atoms with Crippen molar-refractivity contribution in [2.45, 2.75) is 0 Å². The molecule has 0 spiro atoms. The molecule has 0 N–H and O–H groups in total. The standard InChI is InChI=1S/C46H26O2S/c1-2-11-27(12-3-1)37-26-47-46-34(37)22-23-39-45(46)44-35(18-10-19-38(44)48-39)43-32-16-6-4-14-30(32)42(31-15-5-7-17-33(31)43)28-21-24-41-36(25-28)29-13-8-9-20-40(29)49-41/h1-26H. The third kappa shape index (κ3) is 3.82. The van der Waals surface area contributed by atoms with Crippen molar-refractivity contribution in [2.75, 3.05) is 0 Å². The Balaban J connectivity index is 1.24. The lowest BCUT2D eigenvalue weighted by molar-refractivity contribution is 0.619. The normalized spacial score (nSPS) is 12.1. The smallest absolute Gasteiger partial charge is 0.146 e. The number of rotatable bonds is 3. The molecule has 0 aliphatic rings. The van der Waals surface area contributed by atoms with Gasteiger partial charge in [0.15, 0.2) is 0 Å². The predicted molar refractivity (Wildman–Crippen MR) is 208 cm³/mol. The van der Waals surface area contributed by atoms with Gasteiger partial charge in [0.25, 0.3) is 0 Å². The van der Waals surface area contributed by atoms with Gasteiger partial charge in [-0.3, -0.25) is 0 Å². The fraction of sp³-hybridized carbons (Fsp3) is 0. The van der Waals surface area contributed by atoms with Crippen molar-refractivity contribution in [3.63, 3.8) is 0 Å². The Kier molecular flexibility index (Phi) is 5.57. The number of hydrogen-bond acceptors (Lipinski definition) is 3. The fourth-order valence-electron chi connectivity index (χ4n) is 8.06. The predicted octanol–water partition coefficient (Wildman–Crippen LogP) is 14.0. The zero-order chi connectivity index (χ0) is 32.1. The Bertz CT molecular complexity index is 3050. The van der Waals surface area contributed by atoms with Gasteiger partial charge in [0.1, 0.15) is 16.7 Å². The van der Waals surface area contributed by atoms with Gasteiger partial charge in [0.05, 0.1) is 11.6 Å². The largest absolute Gasteiger partial charge is 0.463 e. The summed E-state index contributed by atoms with van der Waals surface area (Å²) in [5.74, 6) is 0. The molecule has 0 saturated heterocycles. The van der Waals surface area contributed by atoms with E-state index in [4.69, 9.17) is 8.83 Å². The molecule has 11 aromatic rings. The van der Waals surface area contributed by atoms with Crippen LogP contribution in [0.25, 0.3) is 108 Å². The van der Waals surface area contributed by atoms with Crippen LogP contribution in [0, 0.1) is 0 Å². The molecule has 3 heterocycles. The minimum Gasteiger partial charge on any atom is -0.463 e. The first-order valence-corrected chi connectivity index (χ1v) is 17.4. The van der Waals surface area contributed by atoms with Crippen molar-refractivity contribution in [3.05, 3.63) is 158 Å². The van der Waals surface area contributed by atoms with Gasteiger partial charge in [-0.2, -0.15) is 0 Å². The second-order valence-electron chi connectivity index (χ2n) is 12.8. The second-order valence-corrected chi connectivity index (χ2v) is 13.8. The van der Waals surface area contributed by atoms with Crippen LogP contribution in [0.3, 0.4) is 0 Å². The van der Waals surface area contributed by atoms with Crippen LogP contribution in [0.5, 0.6) is 0 Å². The van der Waals surface area contributed by atoms with Crippen LogP contribution in [0.4, 0.5) is 0 Å². The van der Waals surface area contributed by atoms with Crippen molar-refractivity contribution in [1.29, 1.82) is 0 Å². The van der Waals surface area contributed by atoms with E-state index in [2.05, 4.69) is 146 Å². The molecule has 0 atom stereocenters. The Labute approximate surface area is 285 Å². The molecule has 0 fully saturated rings. The lowest BCUT2D eigenvalue weighted by Crippen LogP contribution is -1.91. The van der Waals surface area contributed by atoms with Crippen molar-refractivity contribution < 1.29 is 8.83 Å². The lowest BCUT2D eigenvalue weighted by atomic mass is 9.84. The van der Waals surface area contributed by atoms with Crippen LogP contribution in [0.2, 0.25) is 0 Å². The third-order valence-corrected chi connectivity index (χ3v) is 11.3. The van der Waals surface area contributed by atoms with E-state index in [0.29, 0.717) is 0 Å². The van der Waals surface area contributed by atoms with E-state index < -0.39 is 0 Å². The maximum Gasteiger partial charge on any atom is 0.146 e. The molecule has 0 aliphatic carbocycles. The molecular weight excluding hydrogens is 617 g/mol. The molecule has 0 radical (unpaired) electrons. The molecule has 0 aliphatic heterocycles. The molecule has 0 bridgehead atoms. The SMILES string of the molecule is c1ccc(-c2coc3c2ccc2oc4cccc(-c5c6ccccc6c(-c6ccc7sc8ccccc8c7c6)c6ccccc56)c4c23)cc1. The first-order valence-electron chi connectivity index (χ1n) is 16.6. The average molecular weight is 643 g/mol. The Morgan fingerprint density at radius 2 is 1.04 bits per heavy atom. The van der Waals surface area contributed by atoms with E-state index in [-0.39, 0.29) is 0 Å². The molecule has 3 heteroatoms. The minimum absolute atomic E-state index is 0.824. The summed E-state index contributed by atoms with van der Waals surface area (Å²) < 4.78 is 15.6. The lowest BCUT2D eigenvalue weighted by Gasteiger charge is -2.18. The highest BCUT2D eigenvalue weighted by Crippen LogP contribution is 2.49. The zero-order valence-corrected chi connectivity index (χ0v) is 27.1. The Morgan fingerprint density at radius 1 is 0.388 bits per heavy atom. The summed E-state index contributed by atoms with van der Waals surface area (Å²) in [6.45, 7) is 0. The van der Waals surface area contributed by atoms with E-state index in [1.807, 2.05) is 23.7 Å². The minimum atomic E-state index is 0.824. The average Bonchev–Trinajstić information content (AvgIpc) is 3.87. The second kappa shape index (κ2) is 10.2. The van der Waals surface area contributed by atoms with E-state index in [0.717, 1.165) is 49.6 Å². The summed E-state index contributed by atoms with van der Waals surface area (Å²) in [5.41, 5.74) is 9.58. The van der Waals surface area contributed by atoms with Gasteiger partial charge in [0.2, 0.25) is 0 Å². The van der Waals surface area contributed by atoms with Crippen LogP contribution in [-0.4, -0.2) is 0 Å². The quantitative estimate of drug-likeness (QED) is 0.179. The van der Waals surface area contributed by atoms with E-state index in [9.17, 15) is 0 Å². The molecule has 3 aromatic heterocycles. The van der Waals surface area contributed by atoms with Crippen LogP contribution >= 0.6 is 11.3 Å². The van der Waals surface area contributed by atoms with Crippen LogP contribution in [0.1, 0.15) is 0 Å². The summed E-state index contributed by atoms with van der Waals surface area (Å²) in [7, 11) is 0. The fourth-order valence-corrected chi connectivity index (χ4v) is 9.14. The van der Waals surface area contributed by atoms with Crippen LogP contribution in [-0.2, 0) is 0 Å². The van der Waals surface area contributed by atoms with Gasteiger partial charge in [-0.25, -0.2) is 0 Å². The summed E-state index contributed by atoms with van der Waals surface area (Å²) in [6, 6.07) is 54.5. The highest BCUT2D eigenvalue weighted by Gasteiger charge is 2.23. The third-order valence-electron chi connectivity index (χ3n) is 10.2. The number of hydrogen-bond donors (Lipinski definition) is 0. The molecular formula is C46H26O2S. The van der Waals surface area contributed by atoms with Gasteiger partial charge in [0, 0.05) is 36.5 Å². The van der Waals surface area contributed by atoms with Crippen molar-refractivity contribution in [1.82, 2.24) is 0 Å². The molecule has 0 saturated carbocycles. The monoisotopic (exact) mass is 642 g/mol. The highest BCUT2D eigenvalue weighted by molar-refractivity contribution is 7.25. The van der Waals surface area contributed by atoms with Crippen molar-refractivity contribution >= 4 is 86.0 Å². The van der Waals surface area contributed by atoms with Gasteiger partial charge in [-0.1, -0.05) is 115 Å². The van der Waals surface area contributed by atoms with Crippen molar-refractivity contribution in [2.24, 2.45) is 0 Å². The molecule has 2 nitrogen and oxygen atoms in total. The first-order chi connectivity index (χ1) is 24.3. The molecule has 0 unspecified atom stereocenters. The Hall–Kier alpha value is -6.16. The first kappa shape index (κ1) is 26.9. The van der Waals surface area contributed by atoms with Crippen molar-refractivity contribution in [3.8, 4) is 33.4 Å². The van der Waals surface area contributed by atoms with Crippen LogP contribution in [0.15, 0.2) is 167 Å². The van der Waals surface area contributed by atoms with Crippen LogP contribution < -0.4 is 0 Å². The highest BCUT2D eigenvalue weighted by atomic mass is 32.1. The molecule has 8 aromatic carbocycles. The zero-order valence-electron chi connectivity index (χ0n) is 26.2. The molecule has 228 valence electrons. The number of furan rings is 2.